The average molecular weight is 479 g/mol. The molecule has 6 rings (SSSR count). The van der Waals surface area contributed by atoms with Crippen molar-refractivity contribution < 1.29 is 14.7 Å². The highest BCUT2D eigenvalue weighted by atomic mass is 16.4. The van der Waals surface area contributed by atoms with Gasteiger partial charge in [-0.25, -0.2) is 0 Å². The van der Waals surface area contributed by atoms with Gasteiger partial charge in [0.2, 0.25) is 0 Å². The number of nitrogens with zero attached hydrogens (tertiary/aromatic N) is 2. The second kappa shape index (κ2) is 8.74. The Morgan fingerprint density at radius 3 is 2.36 bits per heavy atom. The molecule has 5 nitrogen and oxygen atoms in total. The predicted octanol–water partition coefficient (Wildman–Crippen LogP) is 6.52. The molecular formula is C31H30N2O3. The van der Waals surface area contributed by atoms with E-state index in [1.807, 2.05) is 25.1 Å². The van der Waals surface area contributed by atoms with E-state index in [0.717, 1.165) is 42.3 Å². The summed E-state index contributed by atoms with van der Waals surface area (Å²) < 4.78 is 2.17. The van der Waals surface area contributed by atoms with Crippen LogP contribution < -0.4 is 0 Å². The molecule has 1 N–H and O–H groups in total. The topological polar surface area (TPSA) is 72.2 Å². The van der Waals surface area contributed by atoms with Crippen molar-refractivity contribution in [1.82, 2.24) is 9.55 Å². The molecular weight excluding hydrogens is 448 g/mol. The summed E-state index contributed by atoms with van der Waals surface area (Å²) in [5, 5.41) is 10.2. The Hall–Kier alpha value is -3.73. The Bertz CT molecular complexity index is 1440. The van der Waals surface area contributed by atoms with E-state index in [1.165, 1.54) is 16.7 Å². The third-order valence-electron chi connectivity index (χ3n) is 8.34. The Labute approximate surface area is 210 Å². The first kappa shape index (κ1) is 22.7. The number of carboxylic acids is 1. The fraction of sp³-hybridized carbons (Fsp3) is 0.323. The molecule has 5 heteroatoms. The number of benzene rings is 2. The van der Waals surface area contributed by atoms with E-state index in [1.54, 1.807) is 6.20 Å². The number of hydrogen-bond donors (Lipinski definition) is 1. The van der Waals surface area contributed by atoms with Crippen LogP contribution in [0.2, 0.25) is 0 Å². The molecule has 2 aromatic heterocycles. The minimum atomic E-state index is -0.677. The van der Waals surface area contributed by atoms with Crippen molar-refractivity contribution in [2.75, 3.05) is 0 Å². The van der Waals surface area contributed by atoms with Gasteiger partial charge in [-0.05, 0) is 66.7 Å². The molecule has 1 spiro atoms. The molecule has 0 atom stereocenters. The number of rotatable bonds is 7. The summed E-state index contributed by atoms with van der Waals surface area (Å²) in [4.78, 5) is 29.1. The zero-order valence-corrected chi connectivity index (χ0v) is 20.5. The minimum absolute atomic E-state index is 0.140. The number of aryl methyl sites for hydroxylation is 1. The summed E-state index contributed by atoms with van der Waals surface area (Å²) >= 11 is 0. The second-order valence-electron chi connectivity index (χ2n) is 10.9. The van der Waals surface area contributed by atoms with Gasteiger partial charge in [0.25, 0.3) is 0 Å². The number of carbonyl (C=O) groups excluding carboxylic acids is 1. The van der Waals surface area contributed by atoms with Crippen LogP contribution in [0.4, 0.5) is 0 Å². The molecule has 0 amide bonds. The van der Waals surface area contributed by atoms with E-state index in [4.69, 9.17) is 0 Å². The van der Waals surface area contributed by atoms with Gasteiger partial charge in [-0.15, -0.1) is 0 Å². The van der Waals surface area contributed by atoms with Gasteiger partial charge in [0.15, 0.2) is 5.78 Å². The van der Waals surface area contributed by atoms with E-state index in [9.17, 15) is 14.7 Å². The van der Waals surface area contributed by atoms with Crippen LogP contribution in [0.5, 0.6) is 0 Å². The zero-order valence-electron chi connectivity index (χ0n) is 20.5. The molecule has 2 heterocycles. The van der Waals surface area contributed by atoms with Gasteiger partial charge in [-0.2, -0.15) is 0 Å². The van der Waals surface area contributed by atoms with Crippen LogP contribution in [-0.4, -0.2) is 26.4 Å². The number of carboxylic acid groups (broad SMARTS) is 1. The first-order valence-corrected chi connectivity index (χ1v) is 12.8. The summed E-state index contributed by atoms with van der Waals surface area (Å²) in [6, 6.07) is 21.0. The average Bonchev–Trinajstić information content (AvgIpc) is 3.25. The summed E-state index contributed by atoms with van der Waals surface area (Å²) in [6.07, 6.45) is 7.80. The van der Waals surface area contributed by atoms with Crippen LogP contribution >= 0.6 is 0 Å². The minimum Gasteiger partial charge on any atom is -0.481 e. The third kappa shape index (κ3) is 4.02. The maximum atomic E-state index is 13.4. The summed E-state index contributed by atoms with van der Waals surface area (Å²) in [5.41, 5.74) is 6.33. The monoisotopic (exact) mass is 478 g/mol. The van der Waals surface area contributed by atoms with Crippen LogP contribution in [-0.2, 0) is 11.3 Å². The standard InChI is InChI=1S/C31H30N2O3/c1-20-26-11-12-33(19-21-7-9-24(10-8-21)23-5-3-2-4-6-23)29(26)27(18-32-20)28(34)13-22-14-31(15-22)16-25(17-31)30(35)36/h2-12,18,22,25H,13-17,19H2,1H3,(H,35,36). The molecule has 4 aromatic rings. The number of aromatic nitrogens is 2. The van der Waals surface area contributed by atoms with E-state index in [0.29, 0.717) is 24.4 Å². The first-order valence-electron chi connectivity index (χ1n) is 12.8. The van der Waals surface area contributed by atoms with Crippen molar-refractivity contribution in [3.63, 3.8) is 0 Å². The first-order chi connectivity index (χ1) is 17.4. The molecule has 36 heavy (non-hydrogen) atoms. The fourth-order valence-corrected chi connectivity index (χ4v) is 6.50. The van der Waals surface area contributed by atoms with E-state index < -0.39 is 5.97 Å². The van der Waals surface area contributed by atoms with Crippen LogP contribution in [0, 0.1) is 24.2 Å². The van der Waals surface area contributed by atoms with Crippen molar-refractivity contribution in [3.8, 4) is 11.1 Å². The molecule has 2 aliphatic rings. The van der Waals surface area contributed by atoms with Crippen molar-refractivity contribution in [2.24, 2.45) is 17.3 Å². The number of hydrogen-bond acceptors (Lipinski definition) is 3. The van der Waals surface area contributed by atoms with Gasteiger partial charge < -0.3 is 9.67 Å². The van der Waals surface area contributed by atoms with Crippen LogP contribution in [0.3, 0.4) is 0 Å². The normalized spacial score (nSPS) is 22.8. The number of carbonyl (C=O) groups is 2. The molecule has 0 bridgehead atoms. The Morgan fingerprint density at radius 2 is 1.67 bits per heavy atom. The second-order valence-corrected chi connectivity index (χ2v) is 10.9. The molecule has 182 valence electrons. The lowest BCUT2D eigenvalue weighted by atomic mass is 9.47. The molecule has 2 aromatic carbocycles. The highest BCUT2D eigenvalue weighted by Crippen LogP contribution is 2.62. The lowest BCUT2D eigenvalue weighted by Crippen LogP contribution is -2.50. The predicted molar refractivity (Wildman–Crippen MR) is 140 cm³/mol. The smallest absolute Gasteiger partial charge is 0.306 e. The van der Waals surface area contributed by atoms with Gasteiger partial charge in [0, 0.05) is 36.4 Å². The third-order valence-corrected chi connectivity index (χ3v) is 8.34. The van der Waals surface area contributed by atoms with Crippen molar-refractivity contribution in [2.45, 2.75) is 45.6 Å². The van der Waals surface area contributed by atoms with Gasteiger partial charge in [-0.1, -0.05) is 54.6 Å². The molecule has 0 aliphatic heterocycles. The maximum Gasteiger partial charge on any atom is 0.306 e. The van der Waals surface area contributed by atoms with Gasteiger partial charge >= 0.3 is 5.97 Å². The molecule has 0 radical (unpaired) electrons. The number of ketones is 1. The maximum absolute atomic E-state index is 13.4. The summed E-state index contributed by atoms with van der Waals surface area (Å²) in [5.74, 6) is -0.380. The highest BCUT2D eigenvalue weighted by Gasteiger charge is 2.54. The SMILES string of the molecule is Cc1ncc(C(=O)CC2CC3(C2)CC(C(=O)O)C3)c2c1ccn2Cc1ccc(-c2ccccc2)cc1. The lowest BCUT2D eigenvalue weighted by molar-refractivity contribution is -0.157. The van der Waals surface area contributed by atoms with E-state index >= 15 is 0 Å². The number of Topliss-reactive ketones (excluding diaryl/α,β-unsaturated/α-hetero) is 1. The Kier molecular flexibility index (Phi) is 5.51. The van der Waals surface area contributed by atoms with Crippen molar-refractivity contribution >= 4 is 22.7 Å². The lowest BCUT2D eigenvalue weighted by Gasteiger charge is -2.56. The van der Waals surface area contributed by atoms with Gasteiger partial charge in [-0.3, -0.25) is 14.6 Å². The number of fused-ring (bicyclic) bond motifs is 1. The zero-order chi connectivity index (χ0) is 24.9. The largest absolute Gasteiger partial charge is 0.481 e. The van der Waals surface area contributed by atoms with Crippen LogP contribution in [0.25, 0.3) is 22.0 Å². The molecule has 2 aliphatic carbocycles. The highest BCUT2D eigenvalue weighted by molar-refractivity contribution is 6.07. The number of aliphatic carboxylic acids is 1. The summed E-state index contributed by atoms with van der Waals surface area (Å²) in [7, 11) is 0. The molecule has 0 saturated heterocycles. The number of pyridine rings is 1. The molecule has 2 saturated carbocycles. The Balaban J connectivity index is 1.19. The summed E-state index contributed by atoms with van der Waals surface area (Å²) in [6.45, 7) is 2.67. The fourth-order valence-electron chi connectivity index (χ4n) is 6.50. The van der Waals surface area contributed by atoms with Crippen molar-refractivity contribution in [3.05, 3.63) is 89.9 Å². The van der Waals surface area contributed by atoms with E-state index in [-0.39, 0.29) is 17.1 Å². The van der Waals surface area contributed by atoms with Crippen LogP contribution in [0.15, 0.2) is 73.1 Å². The molecule has 2 fully saturated rings. The van der Waals surface area contributed by atoms with E-state index in [2.05, 4.69) is 58.2 Å². The van der Waals surface area contributed by atoms with Gasteiger partial charge in [0.05, 0.1) is 17.0 Å². The molecule has 0 unspecified atom stereocenters. The Morgan fingerprint density at radius 1 is 0.972 bits per heavy atom. The van der Waals surface area contributed by atoms with Gasteiger partial charge in [0.1, 0.15) is 0 Å². The quantitative estimate of drug-likeness (QED) is 0.307. The van der Waals surface area contributed by atoms with Crippen molar-refractivity contribution in [1.29, 1.82) is 0 Å². The van der Waals surface area contributed by atoms with Crippen LogP contribution in [0.1, 0.15) is 53.7 Å².